The van der Waals surface area contributed by atoms with Gasteiger partial charge in [0.1, 0.15) is 41.0 Å². The lowest BCUT2D eigenvalue weighted by atomic mass is 9.86. The monoisotopic (exact) mass is 475 g/mol. The minimum Gasteiger partial charge on any atom is -0.506 e. The lowest BCUT2D eigenvalue weighted by Gasteiger charge is -2.47. The maximum Gasteiger partial charge on any atom is 0.349 e. The Balaban J connectivity index is 1.99. The molecule has 34 heavy (non-hydrogen) atoms. The van der Waals surface area contributed by atoms with Crippen LogP contribution in [0.1, 0.15) is 38.3 Å². The molecule has 0 spiro atoms. The Morgan fingerprint density at radius 3 is 2.65 bits per heavy atom. The summed E-state index contributed by atoms with van der Waals surface area (Å²) in [6, 6.07) is 3.04. The standard InChI is InChI=1S/C24H29NO9/c1-7-11-31-25-13(4)16-17(26)14-9-10-15(12(3)20(14)33-22(16)29)32-23-19(28)18(27)21(30-6)24(5,8-2)34-23/h1,9-10,18-19,21,23,26-28H,8,11H2,2-6H3/b25-13+/t18-,19+,21+,23+,24-/m0/s1. The van der Waals surface area contributed by atoms with Gasteiger partial charge >= 0.3 is 5.63 Å². The normalized spacial score (nSPS) is 27.4. The summed E-state index contributed by atoms with van der Waals surface area (Å²) < 4.78 is 22.7. The van der Waals surface area contributed by atoms with Crippen LogP contribution in [0.25, 0.3) is 11.0 Å². The average Bonchev–Trinajstić information content (AvgIpc) is 2.80. The molecule has 184 valence electrons. The number of oxime groups is 1. The molecule has 3 rings (SSSR count). The fraction of sp³-hybridized carbons (Fsp3) is 0.500. The van der Waals surface area contributed by atoms with Crippen molar-refractivity contribution in [2.24, 2.45) is 5.16 Å². The van der Waals surface area contributed by atoms with Crippen molar-refractivity contribution in [2.75, 3.05) is 13.7 Å². The Kier molecular flexibility index (Phi) is 7.53. The maximum atomic E-state index is 12.6. The largest absolute Gasteiger partial charge is 0.506 e. The number of fused-ring (bicyclic) bond motifs is 1. The molecular weight excluding hydrogens is 446 g/mol. The van der Waals surface area contributed by atoms with Crippen molar-refractivity contribution < 1.29 is 38.8 Å². The lowest BCUT2D eigenvalue weighted by molar-refractivity contribution is -0.311. The van der Waals surface area contributed by atoms with E-state index in [1.807, 2.05) is 6.92 Å². The van der Waals surface area contributed by atoms with Gasteiger partial charge in [-0.3, -0.25) is 0 Å². The van der Waals surface area contributed by atoms with Crippen molar-refractivity contribution in [2.45, 2.75) is 64.3 Å². The van der Waals surface area contributed by atoms with E-state index in [1.54, 1.807) is 13.8 Å². The Morgan fingerprint density at radius 1 is 1.32 bits per heavy atom. The van der Waals surface area contributed by atoms with Crippen molar-refractivity contribution in [1.29, 1.82) is 0 Å². The van der Waals surface area contributed by atoms with Gasteiger partial charge in [0.15, 0.2) is 6.61 Å². The molecule has 2 heterocycles. The number of aliphatic hydroxyl groups is 2. The molecule has 0 radical (unpaired) electrons. The third-order valence-electron chi connectivity index (χ3n) is 6.08. The first-order valence-electron chi connectivity index (χ1n) is 10.7. The van der Waals surface area contributed by atoms with E-state index in [2.05, 4.69) is 11.1 Å². The first-order valence-corrected chi connectivity index (χ1v) is 10.7. The third-order valence-corrected chi connectivity index (χ3v) is 6.08. The van der Waals surface area contributed by atoms with Gasteiger partial charge in [0.2, 0.25) is 6.29 Å². The van der Waals surface area contributed by atoms with Gasteiger partial charge in [-0.2, -0.15) is 0 Å². The second kappa shape index (κ2) is 10.0. The van der Waals surface area contributed by atoms with Gasteiger partial charge in [-0.15, -0.1) is 6.42 Å². The van der Waals surface area contributed by atoms with Crippen molar-refractivity contribution >= 4 is 16.7 Å². The van der Waals surface area contributed by atoms with Gasteiger partial charge in [-0.1, -0.05) is 18.0 Å². The summed E-state index contributed by atoms with van der Waals surface area (Å²) in [5, 5.41) is 35.9. The van der Waals surface area contributed by atoms with Gasteiger partial charge in [-0.25, -0.2) is 4.79 Å². The molecule has 2 aromatic rings. The fourth-order valence-electron chi connectivity index (χ4n) is 4.02. The molecule has 0 amide bonds. The van der Waals surface area contributed by atoms with Crippen LogP contribution in [0.4, 0.5) is 0 Å². The Labute approximate surface area is 196 Å². The van der Waals surface area contributed by atoms with E-state index in [-0.39, 0.29) is 40.4 Å². The summed E-state index contributed by atoms with van der Waals surface area (Å²) in [5.41, 5.74) is -1.34. The lowest BCUT2D eigenvalue weighted by Crippen LogP contribution is -2.64. The molecule has 10 heteroatoms. The Morgan fingerprint density at radius 2 is 2.03 bits per heavy atom. The number of nitrogens with zero attached hydrogens (tertiary/aromatic N) is 1. The SMILES string of the molecule is C#CCO/N=C(\C)c1c(O)c2ccc(O[C@@H]3O[C@@](C)(CC)[C@H](OC)[C@@H](O)[C@H]3O)c(C)c2oc1=O. The van der Waals surface area contributed by atoms with E-state index in [0.717, 1.165) is 0 Å². The molecule has 10 nitrogen and oxygen atoms in total. The summed E-state index contributed by atoms with van der Waals surface area (Å²) in [6.07, 6.45) is 0.972. The number of ether oxygens (including phenoxy) is 3. The van der Waals surface area contributed by atoms with Crippen LogP contribution in [0.5, 0.6) is 11.5 Å². The molecule has 0 unspecified atom stereocenters. The van der Waals surface area contributed by atoms with Crippen LogP contribution < -0.4 is 10.4 Å². The van der Waals surface area contributed by atoms with Gasteiger partial charge in [0, 0.05) is 12.7 Å². The number of aliphatic hydroxyl groups excluding tert-OH is 2. The van der Waals surface area contributed by atoms with E-state index >= 15 is 0 Å². The highest BCUT2D eigenvalue weighted by Crippen LogP contribution is 2.38. The summed E-state index contributed by atoms with van der Waals surface area (Å²) in [7, 11) is 1.43. The van der Waals surface area contributed by atoms with Crippen LogP contribution in [-0.4, -0.2) is 65.0 Å². The molecule has 0 bridgehead atoms. The van der Waals surface area contributed by atoms with Gasteiger partial charge in [0.05, 0.1) is 16.7 Å². The van der Waals surface area contributed by atoms with Crippen molar-refractivity contribution in [1.82, 2.24) is 0 Å². The summed E-state index contributed by atoms with van der Waals surface area (Å²) >= 11 is 0. The molecule has 1 saturated heterocycles. The van der Waals surface area contributed by atoms with E-state index in [9.17, 15) is 20.1 Å². The number of methoxy groups -OCH3 is 1. The number of benzene rings is 1. The summed E-state index contributed by atoms with van der Waals surface area (Å²) in [5.74, 6) is 2.14. The highest BCUT2D eigenvalue weighted by molar-refractivity contribution is 6.04. The van der Waals surface area contributed by atoms with Gasteiger partial charge in [-0.05, 0) is 39.3 Å². The van der Waals surface area contributed by atoms with Crippen LogP contribution in [0.3, 0.4) is 0 Å². The number of aryl methyl sites for hydroxylation is 1. The van der Waals surface area contributed by atoms with Crippen LogP contribution in [0, 0.1) is 19.3 Å². The summed E-state index contributed by atoms with van der Waals surface area (Å²) in [4.78, 5) is 17.5. The molecule has 1 aliphatic rings. The molecular formula is C24H29NO9. The van der Waals surface area contributed by atoms with Crippen molar-refractivity contribution in [3.8, 4) is 23.8 Å². The molecule has 0 aliphatic carbocycles. The molecule has 5 atom stereocenters. The highest BCUT2D eigenvalue weighted by Gasteiger charge is 2.52. The minimum atomic E-state index is -1.40. The van der Waals surface area contributed by atoms with Gasteiger partial charge in [0.25, 0.3) is 0 Å². The fourth-order valence-corrected chi connectivity index (χ4v) is 4.02. The van der Waals surface area contributed by atoms with E-state index in [0.29, 0.717) is 12.0 Å². The van der Waals surface area contributed by atoms with Crippen LogP contribution in [0.2, 0.25) is 0 Å². The number of aromatic hydroxyl groups is 1. The van der Waals surface area contributed by atoms with E-state index in [4.69, 9.17) is 29.9 Å². The van der Waals surface area contributed by atoms with Gasteiger partial charge < -0.3 is 38.8 Å². The van der Waals surface area contributed by atoms with Crippen LogP contribution in [0.15, 0.2) is 26.5 Å². The Hall–Kier alpha value is -3.10. The minimum absolute atomic E-state index is 0.0833. The number of terminal acetylenes is 1. The summed E-state index contributed by atoms with van der Waals surface area (Å²) in [6.45, 7) is 6.63. The second-order valence-electron chi connectivity index (χ2n) is 8.24. The topological polar surface area (TPSA) is 140 Å². The average molecular weight is 475 g/mol. The van der Waals surface area contributed by atoms with Crippen LogP contribution in [-0.2, 0) is 14.3 Å². The van der Waals surface area contributed by atoms with Crippen molar-refractivity contribution in [3.05, 3.63) is 33.7 Å². The van der Waals surface area contributed by atoms with E-state index in [1.165, 1.54) is 26.2 Å². The predicted octanol–water partition coefficient (Wildman–Crippen LogP) is 1.82. The Bertz CT molecular complexity index is 1180. The first kappa shape index (κ1) is 25.5. The number of hydrogen-bond acceptors (Lipinski definition) is 10. The second-order valence-corrected chi connectivity index (χ2v) is 8.24. The molecule has 1 fully saturated rings. The number of hydrogen-bond donors (Lipinski definition) is 3. The molecule has 1 aliphatic heterocycles. The number of rotatable bonds is 7. The van der Waals surface area contributed by atoms with E-state index < -0.39 is 35.8 Å². The quantitative estimate of drug-likeness (QED) is 0.180. The zero-order valence-corrected chi connectivity index (χ0v) is 19.7. The zero-order valence-electron chi connectivity index (χ0n) is 19.7. The smallest absolute Gasteiger partial charge is 0.349 e. The molecule has 1 aromatic heterocycles. The molecule has 1 aromatic carbocycles. The third kappa shape index (κ3) is 4.48. The van der Waals surface area contributed by atoms with Crippen molar-refractivity contribution in [3.63, 3.8) is 0 Å². The maximum absolute atomic E-state index is 12.6. The molecule has 0 saturated carbocycles. The first-order chi connectivity index (χ1) is 16.1. The predicted molar refractivity (Wildman–Crippen MR) is 123 cm³/mol. The molecule has 3 N–H and O–H groups in total. The highest BCUT2D eigenvalue weighted by atomic mass is 16.7. The van der Waals surface area contributed by atoms with Crippen LogP contribution >= 0.6 is 0 Å². The zero-order chi connectivity index (χ0) is 25.2.